The summed E-state index contributed by atoms with van der Waals surface area (Å²) < 4.78 is 18.1. The molecule has 31 heavy (non-hydrogen) atoms. The van der Waals surface area contributed by atoms with Crippen molar-refractivity contribution in [3.63, 3.8) is 0 Å². The Balaban J connectivity index is 1.34. The molecule has 1 saturated heterocycles. The standard InChI is InChI=1S/C23H26N4O4/c1-29-18-11-21(30-2)19(22(12-18)31-3)9-10-23(28)26-13-17(14-26)27-15-20(24-25-27)16-7-5-4-6-8-16/h4-8,11-12,15,17H,9-10,13-14H2,1-3H3. The van der Waals surface area contributed by atoms with Gasteiger partial charge in [-0.1, -0.05) is 35.5 Å². The lowest BCUT2D eigenvalue weighted by Gasteiger charge is -2.39. The fourth-order valence-corrected chi connectivity index (χ4v) is 3.74. The average Bonchev–Trinajstić information content (AvgIpc) is 3.26. The zero-order valence-electron chi connectivity index (χ0n) is 17.9. The Kier molecular flexibility index (Phi) is 6.06. The van der Waals surface area contributed by atoms with Crippen LogP contribution in [0.5, 0.6) is 17.2 Å². The highest BCUT2D eigenvalue weighted by molar-refractivity contribution is 5.77. The van der Waals surface area contributed by atoms with E-state index in [4.69, 9.17) is 14.2 Å². The van der Waals surface area contributed by atoms with Gasteiger partial charge in [0.05, 0.1) is 33.6 Å². The normalized spacial score (nSPS) is 13.6. The maximum Gasteiger partial charge on any atom is 0.223 e. The summed E-state index contributed by atoms with van der Waals surface area (Å²) in [5, 5.41) is 8.51. The van der Waals surface area contributed by atoms with Gasteiger partial charge in [-0.05, 0) is 6.42 Å². The number of carbonyl (C=O) groups is 1. The first-order chi connectivity index (χ1) is 15.1. The Bertz CT molecular complexity index is 1020. The molecule has 1 fully saturated rings. The molecule has 0 radical (unpaired) electrons. The summed E-state index contributed by atoms with van der Waals surface area (Å²) >= 11 is 0. The molecule has 8 nitrogen and oxygen atoms in total. The van der Waals surface area contributed by atoms with Crippen LogP contribution in [0.2, 0.25) is 0 Å². The second kappa shape index (κ2) is 9.07. The Morgan fingerprint density at radius 2 is 1.71 bits per heavy atom. The van der Waals surface area contributed by atoms with Gasteiger partial charge in [-0.2, -0.15) is 0 Å². The van der Waals surface area contributed by atoms with Gasteiger partial charge >= 0.3 is 0 Å². The minimum Gasteiger partial charge on any atom is -0.496 e. The second-order valence-corrected chi connectivity index (χ2v) is 7.41. The molecule has 0 atom stereocenters. The first kappa shape index (κ1) is 20.7. The van der Waals surface area contributed by atoms with Crippen molar-refractivity contribution in [2.75, 3.05) is 34.4 Å². The summed E-state index contributed by atoms with van der Waals surface area (Å²) in [7, 11) is 4.79. The number of hydrogen-bond donors (Lipinski definition) is 0. The van der Waals surface area contributed by atoms with E-state index in [1.807, 2.05) is 46.1 Å². The monoisotopic (exact) mass is 422 g/mol. The summed E-state index contributed by atoms with van der Waals surface area (Å²) in [6.45, 7) is 1.26. The van der Waals surface area contributed by atoms with Gasteiger partial charge in [0.15, 0.2) is 0 Å². The molecule has 1 amide bonds. The van der Waals surface area contributed by atoms with Gasteiger partial charge in [0.2, 0.25) is 5.91 Å². The number of hydrogen-bond acceptors (Lipinski definition) is 6. The quantitative estimate of drug-likeness (QED) is 0.555. The molecule has 0 aliphatic carbocycles. The SMILES string of the molecule is COc1cc(OC)c(CCC(=O)N2CC(n3cc(-c4ccccc4)nn3)C2)c(OC)c1. The van der Waals surface area contributed by atoms with Crippen molar-refractivity contribution in [3.05, 3.63) is 54.2 Å². The van der Waals surface area contributed by atoms with Crippen LogP contribution in [0.25, 0.3) is 11.3 Å². The highest BCUT2D eigenvalue weighted by Gasteiger charge is 2.32. The zero-order valence-corrected chi connectivity index (χ0v) is 17.9. The van der Waals surface area contributed by atoms with Crippen LogP contribution in [0.4, 0.5) is 0 Å². The molecule has 0 saturated carbocycles. The summed E-state index contributed by atoms with van der Waals surface area (Å²) in [4.78, 5) is 14.5. The van der Waals surface area contributed by atoms with Gasteiger partial charge in [-0.25, -0.2) is 4.68 Å². The van der Waals surface area contributed by atoms with E-state index in [2.05, 4.69) is 10.3 Å². The number of carbonyl (C=O) groups excluding carboxylic acids is 1. The number of rotatable bonds is 8. The molecule has 1 aliphatic rings. The maximum atomic E-state index is 12.7. The molecule has 3 aromatic rings. The average molecular weight is 422 g/mol. The molecule has 0 bridgehead atoms. The summed E-state index contributed by atoms with van der Waals surface area (Å²) in [5.74, 6) is 2.06. The lowest BCUT2D eigenvalue weighted by Crippen LogP contribution is -2.51. The van der Waals surface area contributed by atoms with Crippen molar-refractivity contribution in [2.24, 2.45) is 0 Å². The summed E-state index contributed by atoms with van der Waals surface area (Å²) in [6.07, 6.45) is 2.84. The molecule has 2 heterocycles. The molecular weight excluding hydrogens is 396 g/mol. The van der Waals surface area contributed by atoms with E-state index in [1.165, 1.54) is 0 Å². The van der Waals surface area contributed by atoms with E-state index >= 15 is 0 Å². The van der Waals surface area contributed by atoms with Crippen molar-refractivity contribution >= 4 is 5.91 Å². The number of methoxy groups -OCH3 is 3. The van der Waals surface area contributed by atoms with Gasteiger partial charge in [0, 0.05) is 42.8 Å². The minimum absolute atomic E-state index is 0.0968. The number of likely N-dealkylation sites (tertiary alicyclic amines) is 1. The van der Waals surface area contributed by atoms with Crippen LogP contribution in [0.1, 0.15) is 18.0 Å². The molecule has 1 aromatic heterocycles. The minimum atomic E-state index is 0.0968. The van der Waals surface area contributed by atoms with Crippen molar-refractivity contribution in [1.82, 2.24) is 19.9 Å². The molecule has 0 spiro atoms. The Labute approximate surface area is 181 Å². The van der Waals surface area contributed by atoms with Gasteiger partial charge in [0.25, 0.3) is 0 Å². The number of benzene rings is 2. The molecule has 4 rings (SSSR count). The van der Waals surface area contributed by atoms with Crippen molar-refractivity contribution in [2.45, 2.75) is 18.9 Å². The van der Waals surface area contributed by atoms with Gasteiger partial charge in [-0.15, -0.1) is 5.10 Å². The lowest BCUT2D eigenvalue weighted by atomic mass is 10.0. The lowest BCUT2D eigenvalue weighted by molar-refractivity contribution is -0.137. The number of aromatic nitrogens is 3. The molecule has 162 valence electrons. The van der Waals surface area contributed by atoms with E-state index in [9.17, 15) is 4.79 Å². The third-order valence-corrected chi connectivity index (χ3v) is 5.57. The Morgan fingerprint density at radius 1 is 1.03 bits per heavy atom. The number of nitrogens with zero attached hydrogens (tertiary/aromatic N) is 4. The van der Waals surface area contributed by atoms with Crippen LogP contribution in [-0.2, 0) is 11.2 Å². The van der Waals surface area contributed by atoms with Crippen LogP contribution in [0, 0.1) is 0 Å². The predicted octanol–water partition coefficient (Wildman–Crippen LogP) is 2.99. The maximum absolute atomic E-state index is 12.7. The molecule has 0 unspecified atom stereocenters. The van der Waals surface area contributed by atoms with Crippen molar-refractivity contribution in [3.8, 4) is 28.5 Å². The second-order valence-electron chi connectivity index (χ2n) is 7.41. The third-order valence-electron chi connectivity index (χ3n) is 5.57. The number of ether oxygens (including phenoxy) is 3. The zero-order chi connectivity index (χ0) is 21.8. The molecule has 8 heteroatoms. The third kappa shape index (κ3) is 4.33. The largest absolute Gasteiger partial charge is 0.496 e. The summed E-state index contributed by atoms with van der Waals surface area (Å²) in [6, 6.07) is 13.7. The molecular formula is C23H26N4O4. The molecule has 0 N–H and O–H groups in total. The van der Waals surface area contributed by atoms with E-state index in [-0.39, 0.29) is 11.9 Å². The first-order valence-corrected chi connectivity index (χ1v) is 10.2. The number of amides is 1. The van der Waals surface area contributed by atoms with Crippen LogP contribution in [0.15, 0.2) is 48.7 Å². The van der Waals surface area contributed by atoms with E-state index < -0.39 is 0 Å². The van der Waals surface area contributed by atoms with E-state index in [0.29, 0.717) is 43.2 Å². The molecule has 2 aromatic carbocycles. The van der Waals surface area contributed by atoms with Crippen molar-refractivity contribution in [1.29, 1.82) is 0 Å². The summed E-state index contributed by atoms with van der Waals surface area (Å²) in [5.41, 5.74) is 2.73. The topological polar surface area (TPSA) is 78.7 Å². The van der Waals surface area contributed by atoms with Gasteiger partial charge in [0.1, 0.15) is 22.9 Å². The van der Waals surface area contributed by atoms with Crippen LogP contribution in [-0.4, -0.2) is 60.2 Å². The fraction of sp³-hybridized carbons (Fsp3) is 0.348. The molecule has 1 aliphatic heterocycles. The Morgan fingerprint density at radius 3 is 2.32 bits per heavy atom. The van der Waals surface area contributed by atoms with Gasteiger partial charge < -0.3 is 19.1 Å². The van der Waals surface area contributed by atoms with Crippen LogP contribution in [0.3, 0.4) is 0 Å². The van der Waals surface area contributed by atoms with E-state index in [0.717, 1.165) is 16.8 Å². The van der Waals surface area contributed by atoms with E-state index in [1.54, 1.807) is 33.5 Å². The highest BCUT2D eigenvalue weighted by atomic mass is 16.5. The highest BCUT2D eigenvalue weighted by Crippen LogP contribution is 2.35. The first-order valence-electron chi connectivity index (χ1n) is 10.2. The smallest absolute Gasteiger partial charge is 0.223 e. The van der Waals surface area contributed by atoms with Gasteiger partial charge in [-0.3, -0.25) is 4.79 Å². The van der Waals surface area contributed by atoms with Crippen LogP contribution < -0.4 is 14.2 Å². The van der Waals surface area contributed by atoms with Crippen LogP contribution >= 0.6 is 0 Å². The Hall–Kier alpha value is -3.55. The fourth-order valence-electron chi connectivity index (χ4n) is 3.74. The predicted molar refractivity (Wildman–Crippen MR) is 115 cm³/mol. The van der Waals surface area contributed by atoms with Crippen molar-refractivity contribution < 1.29 is 19.0 Å².